The van der Waals surface area contributed by atoms with Gasteiger partial charge in [-0.3, -0.25) is 24.0 Å². The number of nitrogens with zero attached hydrogens (tertiary/aromatic N) is 1. The van der Waals surface area contributed by atoms with Crippen molar-refractivity contribution >= 4 is 63.9 Å². The van der Waals surface area contributed by atoms with Gasteiger partial charge in [-0.1, -0.05) is 30.3 Å². The fourth-order valence-corrected chi connectivity index (χ4v) is 7.48. The van der Waals surface area contributed by atoms with E-state index in [4.69, 9.17) is 38.0 Å². The summed E-state index contributed by atoms with van der Waals surface area (Å²) in [6.45, 7) is 4.51. The molecule has 2 fully saturated rings. The lowest BCUT2D eigenvalue weighted by Gasteiger charge is -2.41. The Labute approximate surface area is 326 Å². The van der Waals surface area contributed by atoms with Crippen LogP contribution in [0.3, 0.4) is 0 Å². The van der Waals surface area contributed by atoms with E-state index in [-0.39, 0.29) is 81.7 Å². The molecule has 0 saturated carbocycles. The van der Waals surface area contributed by atoms with Crippen molar-refractivity contribution in [1.82, 2.24) is 10.2 Å². The van der Waals surface area contributed by atoms with Crippen LogP contribution in [0.2, 0.25) is 0 Å². The zero-order chi connectivity index (χ0) is 40.9. The number of nitrogens with one attached hydrogen (secondary N) is 1. The number of amides is 2. The van der Waals surface area contributed by atoms with Crippen LogP contribution in [-0.2, 0) is 19.1 Å². The molecule has 4 heterocycles. The minimum atomic E-state index is -1.40. The van der Waals surface area contributed by atoms with Crippen LogP contribution in [0.1, 0.15) is 35.0 Å². The Kier molecular flexibility index (Phi) is 11.8. The average molecular weight is 803 g/mol. The number of β-lactam (4-membered cyclic amide) rings is 1. The van der Waals surface area contributed by atoms with Gasteiger partial charge in [0.25, 0.3) is 12.4 Å². The quantitative estimate of drug-likeness (QED) is 0.107. The number of rotatable bonds is 14. The first kappa shape index (κ1) is 39.9. The van der Waals surface area contributed by atoms with Gasteiger partial charge in [0.2, 0.25) is 17.4 Å². The van der Waals surface area contributed by atoms with E-state index in [1.807, 2.05) is 23.1 Å². The summed E-state index contributed by atoms with van der Waals surface area (Å²) in [4.78, 5) is 83.9. The van der Waals surface area contributed by atoms with Gasteiger partial charge in [0.1, 0.15) is 63.8 Å². The molecule has 2 aliphatic heterocycles. The molecule has 17 nitrogen and oxygen atoms in total. The summed E-state index contributed by atoms with van der Waals surface area (Å²) >= 11 is 1.74. The van der Waals surface area contributed by atoms with E-state index in [0.717, 1.165) is 18.7 Å². The molecule has 2 amide bonds. The summed E-state index contributed by atoms with van der Waals surface area (Å²) in [7, 11) is 0. The molecule has 296 valence electrons. The van der Waals surface area contributed by atoms with Gasteiger partial charge in [-0.05, 0) is 50.2 Å². The Morgan fingerprint density at radius 1 is 0.842 bits per heavy atom. The largest absolute Gasteiger partial charge is 0.489 e. The van der Waals surface area contributed by atoms with Gasteiger partial charge in [-0.2, -0.15) is 0 Å². The van der Waals surface area contributed by atoms with Crippen LogP contribution in [0, 0.1) is 0 Å². The Bertz CT molecular complexity index is 2350. The first-order chi connectivity index (χ1) is 27.2. The number of fused-ring (bicyclic) bond motifs is 3. The van der Waals surface area contributed by atoms with E-state index in [0.29, 0.717) is 5.75 Å². The molecule has 0 bridgehead atoms. The molecule has 2 saturated heterocycles. The highest BCUT2D eigenvalue weighted by atomic mass is 32.2. The number of carbonyl (C=O) groups excluding carboxylic acids is 3. The van der Waals surface area contributed by atoms with Gasteiger partial charge >= 0.3 is 11.9 Å². The van der Waals surface area contributed by atoms with E-state index in [1.165, 1.54) is 36.4 Å². The third kappa shape index (κ3) is 9.18. The molecule has 2 unspecified atom stereocenters. The minimum absolute atomic E-state index is 0.00540. The van der Waals surface area contributed by atoms with Gasteiger partial charge in [-0.25, -0.2) is 9.59 Å². The van der Waals surface area contributed by atoms with Crippen molar-refractivity contribution in [3.05, 3.63) is 111 Å². The third-order valence-corrected chi connectivity index (χ3v) is 10.0. The second kappa shape index (κ2) is 16.9. The first-order valence-electron chi connectivity index (χ1n) is 17.1. The summed E-state index contributed by atoms with van der Waals surface area (Å²) in [6.07, 6.45) is -0.997. The molecule has 57 heavy (non-hydrogen) atoms. The SMILES string of the molecule is CC1(C)CN2C(=O)C(NC(=O)COc3ccccc3)C2S1.O=COC(COc1cccc2oc(C(=O)O)cc(=O)c12)COc1cccc2oc(C(=O)O)cc(=O)c12. The highest BCUT2D eigenvalue weighted by Gasteiger charge is 2.56. The number of para-hydroxylation sites is 1. The molecule has 2 aliphatic rings. The minimum Gasteiger partial charge on any atom is -0.489 e. The molecular formula is C39H34N2O15S. The lowest BCUT2D eigenvalue weighted by molar-refractivity contribution is -0.148. The molecule has 18 heteroatoms. The van der Waals surface area contributed by atoms with Crippen LogP contribution in [0.15, 0.2) is 97.3 Å². The molecular weight excluding hydrogens is 768 g/mol. The zero-order valence-corrected chi connectivity index (χ0v) is 31.0. The van der Waals surface area contributed by atoms with Crippen molar-refractivity contribution in [1.29, 1.82) is 0 Å². The van der Waals surface area contributed by atoms with Crippen molar-refractivity contribution in [2.45, 2.75) is 36.1 Å². The van der Waals surface area contributed by atoms with Gasteiger partial charge in [0, 0.05) is 23.4 Å². The van der Waals surface area contributed by atoms with E-state index in [9.17, 15) is 33.6 Å². The highest BCUT2D eigenvalue weighted by Crippen LogP contribution is 2.46. The van der Waals surface area contributed by atoms with E-state index >= 15 is 0 Å². The predicted molar refractivity (Wildman–Crippen MR) is 202 cm³/mol. The first-order valence-corrected chi connectivity index (χ1v) is 18.0. The van der Waals surface area contributed by atoms with Crippen LogP contribution in [0.5, 0.6) is 17.2 Å². The Balaban J connectivity index is 0.000000221. The molecule has 3 aromatic carbocycles. The predicted octanol–water partition coefficient (Wildman–Crippen LogP) is 3.54. The summed E-state index contributed by atoms with van der Waals surface area (Å²) in [5, 5.41) is 21.0. The molecule has 0 aliphatic carbocycles. The molecule has 2 aromatic heterocycles. The number of hydrogen-bond donors (Lipinski definition) is 3. The van der Waals surface area contributed by atoms with Gasteiger partial charge in [0.05, 0.1) is 0 Å². The molecule has 0 spiro atoms. The monoisotopic (exact) mass is 802 g/mol. The number of hydrogen-bond acceptors (Lipinski definition) is 14. The maximum absolute atomic E-state index is 12.4. The van der Waals surface area contributed by atoms with Gasteiger partial charge in [-0.15, -0.1) is 11.8 Å². The molecule has 0 radical (unpaired) electrons. The highest BCUT2D eigenvalue weighted by molar-refractivity contribution is 8.01. The number of ether oxygens (including phenoxy) is 4. The molecule has 3 N–H and O–H groups in total. The lowest BCUT2D eigenvalue weighted by atomic mass is 10.1. The van der Waals surface area contributed by atoms with E-state index < -0.39 is 46.5 Å². The topological polar surface area (TPSA) is 238 Å². The van der Waals surface area contributed by atoms with Crippen LogP contribution in [0.4, 0.5) is 0 Å². The van der Waals surface area contributed by atoms with Crippen LogP contribution < -0.4 is 30.4 Å². The summed E-state index contributed by atoms with van der Waals surface area (Å²) < 4.78 is 32.1. The van der Waals surface area contributed by atoms with Gasteiger partial charge < -0.3 is 48.2 Å². The smallest absolute Gasteiger partial charge is 0.371 e. The standard InChI is InChI=1S/C24H16O12.C15H18N2O3S/c25-11-34-12(9-32-15-3-1-5-17-21(15)13(26)7-19(35-17)23(28)29)10-33-16-4-2-6-18-22(16)14(27)8-20(36-18)24(30)31;1-15(2)9-17-13(19)12(14(17)21-15)16-11(18)8-20-10-6-4-3-5-7-10/h1-8,11-12H,9-10H2,(H,28,29)(H,30,31);3-7,12,14H,8-9H2,1-2H3,(H,16,18). The van der Waals surface area contributed by atoms with Crippen molar-refractivity contribution in [3.8, 4) is 17.2 Å². The maximum atomic E-state index is 12.4. The van der Waals surface area contributed by atoms with Crippen molar-refractivity contribution in [2.75, 3.05) is 26.4 Å². The second-order valence-electron chi connectivity index (χ2n) is 13.2. The molecule has 7 rings (SSSR count). The van der Waals surface area contributed by atoms with Crippen LogP contribution in [0.25, 0.3) is 21.9 Å². The maximum Gasteiger partial charge on any atom is 0.371 e. The summed E-state index contributed by atoms with van der Waals surface area (Å²) in [5.41, 5.74) is -1.30. The zero-order valence-electron chi connectivity index (χ0n) is 30.2. The number of aromatic carboxylic acids is 2. The molecule has 5 aromatic rings. The lowest BCUT2D eigenvalue weighted by Crippen LogP contribution is -2.67. The number of carbonyl (C=O) groups is 5. The van der Waals surface area contributed by atoms with Gasteiger partial charge in [0.15, 0.2) is 23.6 Å². The Morgan fingerprint density at radius 2 is 1.39 bits per heavy atom. The Hall–Kier alpha value is -6.82. The molecule has 2 atom stereocenters. The number of carboxylic acid groups (broad SMARTS) is 2. The fraction of sp³-hybridized carbons (Fsp3) is 0.256. The van der Waals surface area contributed by atoms with Crippen LogP contribution >= 0.6 is 11.8 Å². The normalized spacial score (nSPS) is 16.5. The summed E-state index contributed by atoms with van der Waals surface area (Å²) in [5.74, 6) is -3.36. The van der Waals surface area contributed by atoms with Crippen molar-refractivity contribution < 1.29 is 62.0 Å². The van der Waals surface area contributed by atoms with E-state index in [1.54, 1.807) is 23.9 Å². The number of thioether (sulfide) groups is 1. The fourth-order valence-electron chi connectivity index (χ4n) is 5.99. The number of carboxylic acids is 2. The van der Waals surface area contributed by atoms with Crippen LogP contribution in [-0.4, -0.2) is 94.0 Å². The summed E-state index contributed by atoms with van der Waals surface area (Å²) in [6, 6.07) is 19.1. The third-order valence-electron chi connectivity index (χ3n) is 8.51. The number of benzene rings is 3. The van der Waals surface area contributed by atoms with Crippen molar-refractivity contribution in [2.24, 2.45) is 0 Å². The van der Waals surface area contributed by atoms with Crippen molar-refractivity contribution in [3.63, 3.8) is 0 Å². The average Bonchev–Trinajstić information content (AvgIpc) is 3.48. The second-order valence-corrected chi connectivity index (χ2v) is 15.0. The van der Waals surface area contributed by atoms with E-state index in [2.05, 4.69) is 19.2 Å². The Morgan fingerprint density at radius 3 is 1.89 bits per heavy atom.